The summed E-state index contributed by atoms with van der Waals surface area (Å²) in [5.74, 6) is -0.218. The van der Waals surface area contributed by atoms with Gasteiger partial charge in [0.2, 0.25) is 0 Å². The highest BCUT2D eigenvalue weighted by atomic mass is 16.6. The Labute approximate surface area is 130 Å². The molecule has 0 saturated heterocycles. The van der Waals surface area contributed by atoms with Gasteiger partial charge in [0.15, 0.2) is 6.29 Å². The average Bonchev–Trinajstić information content (AvgIpc) is 2.69. The molecular formula is C17H20N2O3. The van der Waals surface area contributed by atoms with Crippen LogP contribution in [-0.2, 0) is 20.7 Å². The molecule has 0 spiro atoms. The number of hydrogen-bond acceptors (Lipinski definition) is 5. The fraction of sp³-hybridized carbons (Fsp3) is 0.471. The van der Waals surface area contributed by atoms with Gasteiger partial charge in [-0.05, 0) is 26.3 Å². The molecule has 22 heavy (non-hydrogen) atoms. The molecule has 1 aromatic carbocycles. The summed E-state index contributed by atoms with van der Waals surface area (Å²) in [6.45, 7) is 6.73. The second kappa shape index (κ2) is 5.23. The van der Waals surface area contributed by atoms with Crippen LogP contribution in [0.1, 0.15) is 31.9 Å². The van der Waals surface area contributed by atoms with Gasteiger partial charge in [-0.3, -0.25) is 9.79 Å². The lowest BCUT2D eigenvalue weighted by Crippen LogP contribution is -2.43. The molecule has 2 aliphatic heterocycles. The number of carbonyl (C=O) groups excluding carboxylic acids is 2. The summed E-state index contributed by atoms with van der Waals surface area (Å²) in [5.41, 5.74) is 2.80. The van der Waals surface area contributed by atoms with Crippen LogP contribution in [0.15, 0.2) is 23.2 Å². The highest BCUT2D eigenvalue weighted by molar-refractivity contribution is 6.38. The smallest absolute Gasteiger partial charge is 0.329 e. The Kier molecular flexibility index (Phi) is 3.51. The van der Waals surface area contributed by atoms with Gasteiger partial charge in [0.05, 0.1) is 12.2 Å². The molecule has 0 N–H and O–H groups in total. The summed E-state index contributed by atoms with van der Waals surface area (Å²) in [6, 6.07) is 5.47. The van der Waals surface area contributed by atoms with Crippen LogP contribution < -0.4 is 4.90 Å². The van der Waals surface area contributed by atoms with Crippen LogP contribution in [0.3, 0.4) is 0 Å². The van der Waals surface area contributed by atoms with E-state index in [4.69, 9.17) is 4.74 Å². The van der Waals surface area contributed by atoms with Crippen LogP contribution in [0.4, 0.5) is 5.69 Å². The minimum atomic E-state index is -0.509. The van der Waals surface area contributed by atoms with Gasteiger partial charge >= 0.3 is 5.97 Å². The zero-order valence-electron chi connectivity index (χ0n) is 13.1. The highest BCUT2D eigenvalue weighted by Crippen LogP contribution is 2.37. The van der Waals surface area contributed by atoms with Crippen LogP contribution in [-0.4, -0.2) is 42.7 Å². The van der Waals surface area contributed by atoms with E-state index in [-0.39, 0.29) is 12.0 Å². The maximum absolute atomic E-state index is 12.5. The number of para-hydroxylation sites is 1. The highest BCUT2D eigenvalue weighted by Gasteiger charge is 2.39. The van der Waals surface area contributed by atoms with Crippen LogP contribution in [0, 0.1) is 0 Å². The first kappa shape index (κ1) is 14.8. The summed E-state index contributed by atoms with van der Waals surface area (Å²) in [4.78, 5) is 30.2. The molecule has 5 nitrogen and oxygen atoms in total. The van der Waals surface area contributed by atoms with E-state index in [9.17, 15) is 9.59 Å². The van der Waals surface area contributed by atoms with E-state index in [0.717, 1.165) is 23.1 Å². The van der Waals surface area contributed by atoms with Gasteiger partial charge in [0.25, 0.3) is 0 Å². The number of hydrogen-bond donors (Lipinski definition) is 0. The number of aldehydes is 1. The van der Waals surface area contributed by atoms with E-state index in [1.807, 2.05) is 43.9 Å². The number of rotatable bonds is 2. The number of esters is 1. The van der Waals surface area contributed by atoms with Gasteiger partial charge in [0, 0.05) is 18.5 Å². The number of aliphatic imine (C=N–C) groups is 1. The standard InChI is InChI=1S/C17H20N2O3/c1-17(2,3)22-16(21)14-9-11-5-4-6-12-13(10-20)18-7-8-19(14)15(11)12/h4-6,10,14H,7-9H2,1-3H3/t14-/m0/s1. The monoisotopic (exact) mass is 300 g/mol. The van der Waals surface area contributed by atoms with Gasteiger partial charge in [-0.2, -0.15) is 0 Å². The summed E-state index contributed by atoms with van der Waals surface area (Å²) in [5, 5.41) is 0. The summed E-state index contributed by atoms with van der Waals surface area (Å²) >= 11 is 0. The van der Waals surface area contributed by atoms with Gasteiger partial charge < -0.3 is 9.64 Å². The molecule has 1 atom stereocenters. The molecule has 5 heteroatoms. The van der Waals surface area contributed by atoms with Crippen molar-refractivity contribution in [2.45, 2.75) is 38.8 Å². The molecule has 0 aromatic heterocycles. The molecular weight excluding hydrogens is 280 g/mol. The molecule has 3 rings (SSSR count). The number of ether oxygens (including phenoxy) is 1. The van der Waals surface area contributed by atoms with Crippen molar-refractivity contribution >= 4 is 23.7 Å². The second-order valence-electron chi connectivity index (χ2n) is 6.64. The lowest BCUT2D eigenvalue weighted by molar-refractivity contribution is -0.156. The van der Waals surface area contributed by atoms with Gasteiger partial charge in [0.1, 0.15) is 17.4 Å². The van der Waals surface area contributed by atoms with Crippen LogP contribution >= 0.6 is 0 Å². The fourth-order valence-corrected chi connectivity index (χ4v) is 3.09. The minimum absolute atomic E-state index is 0.218. The number of benzene rings is 1. The summed E-state index contributed by atoms with van der Waals surface area (Å²) in [7, 11) is 0. The predicted molar refractivity (Wildman–Crippen MR) is 84.6 cm³/mol. The van der Waals surface area contributed by atoms with E-state index >= 15 is 0 Å². The Hall–Kier alpha value is -2.17. The molecule has 2 aliphatic rings. The third-order valence-corrected chi connectivity index (χ3v) is 3.89. The van der Waals surface area contributed by atoms with Crippen LogP contribution in [0.25, 0.3) is 0 Å². The molecule has 0 bridgehead atoms. The van der Waals surface area contributed by atoms with E-state index in [1.54, 1.807) is 0 Å². The molecule has 0 amide bonds. The largest absolute Gasteiger partial charge is 0.458 e. The molecule has 0 aliphatic carbocycles. The Morgan fingerprint density at radius 2 is 2.18 bits per heavy atom. The molecule has 0 unspecified atom stereocenters. The average molecular weight is 300 g/mol. The Morgan fingerprint density at radius 3 is 2.86 bits per heavy atom. The van der Waals surface area contributed by atoms with Crippen molar-refractivity contribution in [1.29, 1.82) is 0 Å². The Bertz CT molecular complexity index is 658. The van der Waals surface area contributed by atoms with Crippen molar-refractivity contribution in [2.24, 2.45) is 4.99 Å². The first-order chi connectivity index (χ1) is 10.4. The second-order valence-corrected chi connectivity index (χ2v) is 6.64. The fourth-order valence-electron chi connectivity index (χ4n) is 3.09. The lowest BCUT2D eigenvalue weighted by Gasteiger charge is -2.28. The SMILES string of the molecule is CC(C)(C)OC(=O)[C@@H]1Cc2cccc3c2N1CCN=C3C=O. The summed E-state index contributed by atoms with van der Waals surface area (Å²) in [6.07, 6.45) is 1.41. The van der Waals surface area contributed by atoms with Crippen LogP contribution in [0.5, 0.6) is 0 Å². The van der Waals surface area contributed by atoms with Crippen molar-refractivity contribution < 1.29 is 14.3 Å². The predicted octanol–water partition coefficient (Wildman–Crippen LogP) is 1.76. The van der Waals surface area contributed by atoms with Crippen molar-refractivity contribution in [3.05, 3.63) is 29.3 Å². The number of anilines is 1. The van der Waals surface area contributed by atoms with Crippen molar-refractivity contribution in [1.82, 2.24) is 0 Å². The molecule has 0 radical (unpaired) electrons. The third kappa shape index (κ3) is 2.51. The third-order valence-electron chi connectivity index (χ3n) is 3.89. The van der Waals surface area contributed by atoms with Crippen LogP contribution in [0.2, 0.25) is 0 Å². The minimum Gasteiger partial charge on any atom is -0.458 e. The normalized spacial score (nSPS) is 20.0. The van der Waals surface area contributed by atoms with E-state index in [1.165, 1.54) is 0 Å². The zero-order valence-corrected chi connectivity index (χ0v) is 13.1. The quantitative estimate of drug-likeness (QED) is 0.617. The lowest BCUT2D eigenvalue weighted by atomic mass is 10.0. The molecule has 2 heterocycles. The van der Waals surface area contributed by atoms with Crippen molar-refractivity contribution in [3.63, 3.8) is 0 Å². The van der Waals surface area contributed by atoms with Crippen molar-refractivity contribution in [2.75, 3.05) is 18.0 Å². The Balaban J connectivity index is 1.98. The first-order valence-corrected chi connectivity index (χ1v) is 7.52. The molecule has 0 fully saturated rings. The number of nitrogens with zero attached hydrogens (tertiary/aromatic N) is 2. The van der Waals surface area contributed by atoms with Crippen molar-refractivity contribution in [3.8, 4) is 0 Å². The Morgan fingerprint density at radius 1 is 1.41 bits per heavy atom. The van der Waals surface area contributed by atoms with E-state index in [0.29, 0.717) is 25.2 Å². The topological polar surface area (TPSA) is 59.0 Å². The van der Waals surface area contributed by atoms with E-state index < -0.39 is 5.60 Å². The molecule has 0 saturated carbocycles. The number of carbonyl (C=O) groups is 2. The zero-order chi connectivity index (χ0) is 15.9. The van der Waals surface area contributed by atoms with Gasteiger partial charge in [-0.15, -0.1) is 0 Å². The maximum Gasteiger partial charge on any atom is 0.329 e. The summed E-state index contributed by atoms with van der Waals surface area (Å²) < 4.78 is 5.56. The molecule has 1 aromatic rings. The van der Waals surface area contributed by atoms with Gasteiger partial charge in [-0.25, -0.2) is 4.79 Å². The maximum atomic E-state index is 12.5. The molecule has 116 valence electrons. The van der Waals surface area contributed by atoms with Gasteiger partial charge in [-0.1, -0.05) is 18.2 Å². The first-order valence-electron chi connectivity index (χ1n) is 7.52. The van der Waals surface area contributed by atoms with E-state index in [2.05, 4.69) is 4.99 Å².